The molecule has 4 rings (SSSR count). The zero-order chi connectivity index (χ0) is 23.2. The number of ether oxygens (including phenoxy) is 2. The zero-order valence-corrected chi connectivity index (χ0v) is 19.2. The van der Waals surface area contributed by atoms with E-state index < -0.39 is 0 Å². The molecule has 1 unspecified atom stereocenters. The van der Waals surface area contributed by atoms with Gasteiger partial charge in [0.15, 0.2) is 11.5 Å². The molecule has 0 aliphatic rings. The van der Waals surface area contributed by atoms with Gasteiger partial charge in [-0.1, -0.05) is 42.5 Å². The Balaban J connectivity index is 1.54. The summed E-state index contributed by atoms with van der Waals surface area (Å²) >= 11 is 0. The molecule has 0 saturated heterocycles. The van der Waals surface area contributed by atoms with Gasteiger partial charge < -0.3 is 19.4 Å². The number of imidazole rings is 1. The fourth-order valence-electron chi connectivity index (χ4n) is 4.07. The Hall–Kier alpha value is -3.80. The van der Waals surface area contributed by atoms with E-state index in [0.717, 1.165) is 36.2 Å². The van der Waals surface area contributed by atoms with Crippen LogP contribution in [0.4, 0.5) is 0 Å². The van der Waals surface area contributed by atoms with Gasteiger partial charge in [-0.2, -0.15) is 0 Å². The van der Waals surface area contributed by atoms with E-state index in [9.17, 15) is 4.79 Å². The van der Waals surface area contributed by atoms with E-state index in [2.05, 4.69) is 40.2 Å². The van der Waals surface area contributed by atoms with Crippen molar-refractivity contribution in [2.24, 2.45) is 0 Å². The molecule has 0 aliphatic heterocycles. The lowest BCUT2D eigenvalue weighted by Gasteiger charge is -2.17. The van der Waals surface area contributed by atoms with Crippen LogP contribution in [-0.2, 0) is 13.0 Å². The lowest BCUT2D eigenvalue weighted by Crippen LogP contribution is -2.28. The lowest BCUT2D eigenvalue weighted by atomic mass is 10.1. The van der Waals surface area contributed by atoms with Gasteiger partial charge in [-0.25, -0.2) is 4.98 Å². The van der Waals surface area contributed by atoms with Gasteiger partial charge in [-0.15, -0.1) is 0 Å². The summed E-state index contributed by atoms with van der Waals surface area (Å²) in [7, 11) is 3.13. The summed E-state index contributed by atoms with van der Waals surface area (Å²) in [6, 6.07) is 23.5. The van der Waals surface area contributed by atoms with Crippen molar-refractivity contribution in [3.63, 3.8) is 0 Å². The van der Waals surface area contributed by atoms with Crippen molar-refractivity contribution in [1.29, 1.82) is 0 Å². The number of carbonyl (C=O) groups is 1. The van der Waals surface area contributed by atoms with E-state index in [1.807, 2.05) is 31.2 Å². The summed E-state index contributed by atoms with van der Waals surface area (Å²) in [5.74, 6) is 1.76. The van der Waals surface area contributed by atoms with E-state index in [4.69, 9.17) is 14.5 Å². The Morgan fingerprint density at radius 1 is 0.970 bits per heavy atom. The number of methoxy groups -OCH3 is 2. The first-order valence-corrected chi connectivity index (χ1v) is 11.1. The van der Waals surface area contributed by atoms with Gasteiger partial charge in [-0.3, -0.25) is 4.79 Å². The first-order valence-electron chi connectivity index (χ1n) is 11.1. The third-order valence-corrected chi connectivity index (χ3v) is 5.75. The molecule has 1 atom stereocenters. The first-order chi connectivity index (χ1) is 16.1. The zero-order valence-electron chi connectivity index (χ0n) is 19.2. The van der Waals surface area contributed by atoms with Crippen LogP contribution in [0, 0.1) is 0 Å². The van der Waals surface area contributed by atoms with Gasteiger partial charge in [-0.05, 0) is 55.7 Å². The normalized spacial score (nSPS) is 11.8. The molecule has 1 aromatic heterocycles. The maximum atomic E-state index is 13.0. The van der Waals surface area contributed by atoms with Crippen molar-refractivity contribution in [1.82, 2.24) is 14.9 Å². The second kappa shape index (κ2) is 10.2. The van der Waals surface area contributed by atoms with Crippen molar-refractivity contribution in [3.05, 3.63) is 89.7 Å². The van der Waals surface area contributed by atoms with Crippen molar-refractivity contribution >= 4 is 16.9 Å². The van der Waals surface area contributed by atoms with Crippen molar-refractivity contribution in [2.75, 3.05) is 14.2 Å². The molecule has 4 aromatic rings. The molecule has 3 aromatic carbocycles. The molecule has 6 heteroatoms. The summed E-state index contributed by atoms with van der Waals surface area (Å²) in [4.78, 5) is 17.8. The Kier molecular flexibility index (Phi) is 6.93. The molecule has 0 saturated carbocycles. The van der Waals surface area contributed by atoms with Crippen LogP contribution in [0.1, 0.15) is 41.1 Å². The molecule has 170 valence electrons. The number of para-hydroxylation sites is 2. The molecule has 6 nitrogen and oxygen atoms in total. The summed E-state index contributed by atoms with van der Waals surface area (Å²) in [6.07, 6.45) is 1.97. The molecule has 1 N–H and O–H groups in total. The summed E-state index contributed by atoms with van der Waals surface area (Å²) < 4.78 is 12.8. The van der Waals surface area contributed by atoms with Gasteiger partial charge >= 0.3 is 0 Å². The summed E-state index contributed by atoms with van der Waals surface area (Å²) in [5.41, 5.74) is 3.83. The first kappa shape index (κ1) is 22.4. The Morgan fingerprint density at radius 3 is 2.45 bits per heavy atom. The molecule has 1 amide bonds. The number of fused-ring (bicyclic) bond motifs is 1. The van der Waals surface area contributed by atoms with Crippen molar-refractivity contribution in [3.8, 4) is 11.5 Å². The van der Waals surface area contributed by atoms with Gasteiger partial charge in [0.05, 0.1) is 31.3 Å². The predicted molar refractivity (Wildman–Crippen MR) is 130 cm³/mol. The monoisotopic (exact) mass is 443 g/mol. The fourth-order valence-corrected chi connectivity index (χ4v) is 4.07. The molecule has 1 heterocycles. The highest BCUT2D eigenvalue weighted by Gasteiger charge is 2.20. The molecule has 0 radical (unpaired) electrons. The molecule has 0 fully saturated rings. The number of rotatable bonds is 9. The fraction of sp³-hybridized carbons (Fsp3) is 0.259. The maximum Gasteiger partial charge on any atom is 0.251 e. The molecule has 33 heavy (non-hydrogen) atoms. The summed E-state index contributed by atoms with van der Waals surface area (Å²) in [6.45, 7) is 2.79. The largest absolute Gasteiger partial charge is 0.493 e. The number of benzene rings is 3. The van der Waals surface area contributed by atoms with Gasteiger partial charge in [0.25, 0.3) is 5.91 Å². The van der Waals surface area contributed by atoms with Crippen LogP contribution >= 0.6 is 0 Å². The van der Waals surface area contributed by atoms with Crippen LogP contribution in [0.3, 0.4) is 0 Å². The van der Waals surface area contributed by atoms with Crippen LogP contribution in [0.5, 0.6) is 11.5 Å². The average Bonchev–Trinajstić information content (AvgIpc) is 3.23. The lowest BCUT2D eigenvalue weighted by molar-refractivity contribution is 0.0937. The Morgan fingerprint density at radius 2 is 1.70 bits per heavy atom. The number of hydrogen-bond acceptors (Lipinski definition) is 4. The third kappa shape index (κ3) is 5.00. The number of nitrogens with one attached hydrogen (secondary N) is 1. The minimum atomic E-state index is -0.269. The van der Waals surface area contributed by atoms with E-state index >= 15 is 0 Å². The molecular formula is C27H29N3O3. The number of aromatic nitrogens is 2. The highest BCUT2D eigenvalue weighted by atomic mass is 16.5. The number of hydrogen-bond donors (Lipinski definition) is 1. The second-order valence-corrected chi connectivity index (χ2v) is 7.96. The Labute approximate surface area is 194 Å². The molecular weight excluding hydrogens is 414 g/mol. The quantitative estimate of drug-likeness (QED) is 0.387. The molecule has 0 aliphatic carbocycles. The van der Waals surface area contributed by atoms with Crippen LogP contribution in [0.2, 0.25) is 0 Å². The van der Waals surface area contributed by atoms with Crippen LogP contribution in [0.15, 0.2) is 72.8 Å². The van der Waals surface area contributed by atoms with Gasteiger partial charge in [0.2, 0.25) is 0 Å². The average molecular weight is 444 g/mol. The minimum Gasteiger partial charge on any atom is -0.493 e. The number of nitrogens with zero attached hydrogens (tertiary/aromatic N) is 2. The number of amides is 1. The minimum absolute atomic E-state index is 0.189. The predicted octanol–water partition coefficient (Wildman–Crippen LogP) is 5.18. The highest BCUT2D eigenvalue weighted by Crippen LogP contribution is 2.28. The van der Waals surface area contributed by atoms with Crippen LogP contribution in [0.25, 0.3) is 11.0 Å². The van der Waals surface area contributed by atoms with Crippen molar-refractivity contribution < 1.29 is 14.3 Å². The smallest absolute Gasteiger partial charge is 0.251 e. The number of aryl methyl sites for hydroxylation is 2. The maximum absolute atomic E-state index is 13.0. The highest BCUT2D eigenvalue weighted by molar-refractivity contribution is 5.95. The number of carbonyl (C=O) groups excluding carboxylic acids is 1. The topological polar surface area (TPSA) is 65.4 Å². The van der Waals surface area contributed by atoms with E-state index in [0.29, 0.717) is 17.1 Å². The summed E-state index contributed by atoms with van der Waals surface area (Å²) in [5, 5.41) is 3.09. The van der Waals surface area contributed by atoms with Crippen LogP contribution < -0.4 is 14.8 Å². The molecule has 0 bridgehead atoms. The molecule has 0 spiro atoms. The van der Waals surface area contributed by atoms with E-state index in [1.54, 1.807) is 32.4 Å². The SMILES string of the molecule is COc1ccc(C(=O)NC(C)c2nc3ccccc3n2CCCc2ccccc2)cc1OC. The van der Waals surface area contributed by atoms with Crippen molar-refractivity contribution in [2.45, 2.75) is 32.4 Å². The van der Waals surface area contributed by atoms with Gasteiger partial charge in [0.1, 0.15) is 5.82 Å². The standard InChI is InChI=1S/C27H29N3O3/c1-19(28-27(31)21-15-16-24(32-2)25(18-21)33-3)26-29-22-13-7-8-14-23(22)30(26)17-9-12-20-10-5-4-6-11-20/h4-8,10-11,13-16,18-19H,9,12,17H2,1-3H3,(H,28,31). The third-order valence-electron chi connectivity index (χ3n) is 5.75. The van der Waals surface area contributed by atoms with E-state index in [-0.39, 0.29) is 11.9 Å². The Bertz CT molecular complexity index is 1230. The van der Waals surface area contributed by atoms with Crippen LogP contribution in [-0.4, -0.2) is 29.7 Å². The second-order valence-electron chi connectivity index (χ2n) is 7.96. The van der Waals surface area contributed by atoms with E-state index in [1.165, 1.54) is 5.56 Å². The van der Waals surface area contributed by atoms with Gasteiger partial charge in [0, 0.05) is 12.1 Å².